The summed E-state index contributed by atoms with van der Waals surface area (Å²) in [5.74, 6) is 2.06. The number of fused-ring (bicyclic) bond motifs is 1. The summed E-state index contributed by atoms with van der Waals surface area (Å²) in [5.41, 5.74) is 1.18. The topological polar surface area (TPSA) is 13.1 Å². The van der Waals surface area contributed by atoms with Crippen molar-refractivity contribution in [3.8, 4) is 11.3 Å². The monoisotopic (exact) mass is 250 g/mol. The molecule has 0 atom stereocenters. The molecular formula is C18H18O. The molecule has 0 spiro atoms. The van der Waals surface area contributed by atoms with Gasteiger partial charge in [-0.1, -0.05) is 55.8 Å². The van der Waals surface area contributed by atoms with Crippen LogP contribution in [-0.2, 0) is 6.42 Å². The SMILES string of the molecule is CCCCc1ccc(-c2cccc3ccccc23)o1. The molecule has 96 valence electrons. The highest BCUT2D eigenvalue weighted by molar-refractivity contribution is 5.95. The number of hydrogen-bond acceptors (Lipinski definition) is 1. The van der Waals surface area contributed by atoms with E-state index in [-0.39, 0.29) is 0 Å². The number of benzene rings is 2. The zero-order valence-corrected chi connectivity index (χ0v) is 11.2. The molecule has 0 fully saturated rings. The van der Waals surface area contributed by atoms with E-state index in [9.17, 15) is 0 Å². The van der Waals surface area contributed by atoms with Crippen molar-refractivity contribution in [2.24, 2.45) is 0 Å². The molecule has 0 amide bonds. The van der Waals surface area contributed by atoms with E-state index in [1.807, 2.05) is 0 Å². The molecule has 0 bridgehead atoms. The number of hydrogen-bond donors (Lipinski definition) is 0. The van der Waals surface area contributed by atoms with Crippen molar-refractivity contribution in [3.63, 3.8) is 0 Å². The third-order valence-corrected chi connectivity index (χ3v) is 3.49. The Labute approximate surface area is 113 Å². The molecule has 0 radical (unpaired) electrons. The van der Waals surface area contributed by atoms with Gasteiger partial charge in [0.25, 0.3) is 0 Å². The van der Waals surface area contributed by atoms with Gasteiger partial charge in [-0.15, -0.1) is 0 Å². The minimum Gasteiger partial charge on any atom is -0.461 e. The minimum atomic E-state index is 0.975. The lowest BCUT2D eigenvalue weighted by molar-refractivity contribution is 0.513. The summed E-state index contributed by atoms with van der Waals surface area (Å²) in [7, 11) is 0. The van der Waals surface area contributed by atoms with E-state index in [1.54, 1.807) is 0 Å². The quantitative estimate of drug-likeness (QED) is 0.600. The van der Waals surface area contributed by atoms with Gasteiger partial charge in [0.2, 0.25) is 0 Å². The fraction of sp³-hybridized carbons (Fsp3) is 0.222. The summed E-state index contributed by atoms with van der Waals surface area (Å²) in [4.78, 5) is 0. The first-order valence-electron chi connectivity index (χ1n) is 6.95. The van der Waals surface area contributed by atoms with Crippen molar-refractivity contribution in [2.75, 3.05) is 0 Å². The van der Waals surface area contributed by atoms with Gasteiger partial charge in [0.15, 0.2) is 0 Å². The number of furan rings is 1. The van der Waals surface area contributed by atoms with Crippen molar-refractivity contribution < 1.29 is 4.42 Å². The largest absolute Gasteiger partial charge is 0.461 e. The van der Waals surface area contributed by atoms with Gasteiger partial charge < -0.3 is 4.42 Å². The van der Waals surface area contributed by atoms with Crippen LogP contribution in [0.15, 0.2) is 59.0 Å². The molecule has 0 saturated heterocycles. The van der Waals surface area contributed by atoms with Crippen molar-refractivity contribution >= 4 is 10.8 Å². The molecular weight excluding hydrogens is 232 g/mol. The Morgan fingerprint density at radius 1 is 0.895 bits per heavy atom. The lowest BCUT2D eigenvalue weighted by Crippen LogP contribution is -1.80. The fourth-order valence-corrected chi connectivity index (χ4v) is 2.45. The van der Waals surface area contributed by atoms with E-state index in [4.69, 9.17) is 4.42 Å². The molecule has 0 aliphatic rings. The van der Waals surface area contributed by atoms with E-state index < -0.39 is 0 Å². The van der Waals surface area contributed by atoms with Gasteiger partial charge in [-0.3, -0.25) is 0 Å². The molecule has 0 aliphatic heterocycles. The van der Waals surface area contributed by atoms with Crippen LogP contribution in [0.3, 0.4) is 0 Å². The zero-order chi connectivity index (χ0) is 13.1. The molecule has 3 aromatic rings. The second-order valence-corrected chi connectivity index (χ2v) is 4.90. The van der Waals surface area contributed by atoms with Crippen LogP contribution in [0.2, 0.25) is 0 Å². The molecule has 0 saturated carbocycles. The van der Waals surface area contributed by atoms with Gasteiger partial charge in [-0.05, 0) is 29.3 Å². The third-order valence-electron chi connectivity index (χ3n) is 3.49. The van der Waals surface area contributed by atoms with E-state index in [0.717, 1.165) is 17.9 Å². The standard InChI is InChI=1S/C18H18O/c1-2-3-9-15-12-13-18(19-15)17-11-6-8-14-7-4-5-10-16(14)17/h4-8,10-13H,2-3,9H2,1H3. The van der Waals surface area contributed by atoms with E-state index in [1.165, 1.54) is 29.2 Å². The number of unbranched alkanes of at least 4 members (excludes halogenated alkanes) is 1. The summed E-state index contributed by atoms with van der Waals surface area (Å²) in [6.45, 7) is 2.20. The Morgan fingerprint density at radius 2 is 1.74 bits per heavy atom. The van der Waals surface area contributed by atoms with Crippen LogP contribution >= 0.6 is 0 Å². The highest BCUT2D eigenvalue weighted by Gasteiger charge is 2.07. The second kappa shape index (κ2) is 5.31. The predicted molar refractivity (Wildman–Crippen MR) is 80.3 cm³/mol. The molecule has 2 aromatic carbocycles. The van der Waals surface area contributed by atoms with Gasteiger partial charge in [0.1, 0.15) is 11.5 Å². The van der Waals surface area contributed by atoms with Gasteiger partial charge in [0, 0.05) is 12.0 Å². The lowest BCUT2D eigenvalue weighted by atomic mass is 10.0. The maximum absolute atomic E-state index is 5.98. The van der Waals surface area contributed by atoms with Crippen LogP contribution in [0.5, 0.6) is 0 Å². The van der Waals surface area contributed by atoms with Crippen LogP contribution in [0, 0.1) is 0 Å². The smallest absolute Gasteiger partial charge is 0.134 e. The third kappa shape index (κ3) is 2.41. The van der Waals surface area contributed by atoms with Crippen LogP contribution in [0.25, 0.3) is 22.1 Å². The Bertz CT molecular complexity index is 673. The average Bonchev–Trinajstić information content (AvgIpc) is 2.93. The predicted octanol–water partition coefficient (Wildman–Crippen LogP) is 5.44. The Balaban J connectivity index is 2.02. The summed E-state index contributed by atoms with van der Waals surface area (Å²) in [5, 5.41) is 2.51. The van der Waals surface area contributed by atoms with Crippen molar-refractivity contribution in [1.29, 1.82) is 0 Å². The minimum absolute atomic E-state index is 0.975. The first-order chi connectivity index (χ1) is 9.38. The van der Waals surface area contributed by atoms with E-state index in [0.29, 0.717) is 0 Å². The summed E-state index contributed by atoms with van der Waals surface area (Å²) < 4.78 is 5.98. The highest BCUT2D eigenvalue weighted by Crippen LogP contribution is 2.30. The lowest BCUT2D eigenvalue weighted by Gasteiger charge is -2.03. The Hall–Kier alpha value is -2.02. The first-order valence-corrected chi connectivity index (χ1v) is 6.95. The van der Waals surface area contributed by atoms with Crippen LogP contribution in [-0.4, -0.2) is 0 Å². The molecule has 1 heteroatoms. The van der Waals surface area contributed by atoms with Crippen LogP contribution in [0.4, 0.5) is 0 Å². The van der Waals surface area contributed by atoms with Crippen LogP contribution < -0.4 is 0 Å². The van der Waals surface area contributed by atoms with E-state index in [2.05, 4.69) is 61.5 Å². The van der Waals surface area contributed by atoms with Crippen molar-refractivity contribution in [1.82, 2.24) is 0 Å². The zero-order valence-electron chi connectivity index (χ0n) is 11.2. The molecule has 1 heterocycles. The summed E-state index contributed by atoms with van der Waals surface area (Å²) >= 11 is 0. The fourth-order valence-electron chi connectivity index (χ4n) is 2.45. The second-order valence-electron chi connectivity index (χ2n) is 4.90. The van der Waals surface area contributed by atoms with Crippen molar-refractivity contribution in [3.05, 3.63) is 60.4 Å². The number of rotatable bonds is 4. The summed E-state index contributed by atoms with van der Waals surface area (Å²) in [6.07, 6.45) is 3.41. The first kappa shape index (κ1) is 12.0. The Morgan fingerprint density at radius 3 is 2.63 bits per heavy atom. The van der Waals surface area contributed by atoms with Crippen molar-refractivity contribution in [2.45, 2.75) is 26.2 Å². The highest BCUT2D eigenvalue weighted by atomic mass is 16.3. The summed E-state index contributed by atoms with van der Waals surface area (Å²) in [6, 6.07) is 19.0. The Kier molecular flexibility index (Phi) is 3.37. The molecule has 0 aliphatic carbocycles. The number of aryl methyl sites for hydroxylation is 1. The maximum Gasteiger partial charge on any atom is 0.134 e. The van der Waals surface area contributed by atoms with Gasteiger partial charge in [-0.2, -0.15) is 0 Å². The van der Waals surface area contributed by atoms with Crippen LogP contribution in [0.1, 0.15) is 25.5 Å². The van der Waals surface area contributed by atoms with Gasteiger partial charge >= 0.3 is 0 Å². The molecule has 1 nitrogen and oxygen atoms in total. The molecule has 0 unspecified atom stereocenters. The molecule has 19 heavy (non-hydrogen) atoms. The van der Waals surface area contributed by atoms with E-state index >= 15 is 0 Å². The normalized spacial score (nSPS) is 11.0. The molecule has 0 N–H and O–H groups in total. The molecule has 3 rings (SSSR count). The van der Waals surface area contributed by atoms with Gasteiger partial charge in [0.05, 0.1) is 0 Å². The average molecular weight is 250 g/mol. The molecule has 1 aromatic heterocycles. The maximum atomic E-state index is 5.98. The van der Waals surface area contributed by atoms with Gasteiger partial charge in [-0.25, -0.2) is 0 Å².